The van der Waals surface area contributed by atoms with Gasteiger partial charge in [-0.15, -0.1) is 5.10 Å². The molecule has 0 aliphatic carbocycles. The van der Waals surface area contributed by atoms with Crippen molar-refractivity contribution in [3.8, 4) is 34.6 Å². The molecule has 3 aromatic rings. The van der Waals surface area contributed by atoms with Crippen molar-refractivity contribution < 1.29 is 19.0 Å². The number of phenols is 1. The molecule has 0 aliphatic rings. The number of aromatic hydroxyl groups is 1. The largest absolute Gasteiger partial charge is 0.508 e. The van der Waals surface area contributed by atoms with E-state index >= 15 is 0 Å². The van der Waals surface area contributed by atoms with Crippen LogP contribution in [0.25, 0.3) is 17.1 Å². The van der Waals surface area contributed by atoms with Gasteiger partial charge in [-0.1, -0.05) is 0 Å². The van der Waals surface area contributed by atoms with E-state index < -0.39 is 6.67 Å². The summed E-state index contributed by atoms with van der Waals surface area (Å²) in [6.45, 7) is -0.729. The lowest BCUT2D eigenvalue weighted by atomic mass is 10.2. The Hall–Kier alpha value is -3.09. The fourth-order valence-corrected chi connectivity index (χ4v) is 2.19. The fraction of sp³-hybridized carbons (Fsp3) is 0.176. The smallest absolute Gasteiger partial charge is 0.336 e. The van der Waals surface area contributed by atoms with Gasteiger partial charge >= 0.3 is 6.01 Å². The van der Waals surface area contributed by atoms with Crippen LogP contribution in [-0.2, 0) is 0 Å². The lowest BCUT2D eigenvalue weighted by Gasteiger charge is -2.07. The highest BCUT2D eigenvalue weighted by Gasteiger charge is 2.15. The summed E-state index contributed by atoms with van der Waals surface area (Å²) in [5.74, 6) is 1.40. The molecule has 0 spiro atoms. The Bertz CT molecular complexity index is 801. The number of ether oxygens (including phenoxy) is 2. The van der Waals surface area contributed by atoms with Crippen LogP contribution in [-0.4, -0.2) is 40.3 Å². The standard InChI is InChI=1S/C17H16FN3O3/c1-23-15-8-4-13(5-9-15)21-16(12-2-6-14(22)7-3-12)19-17(20-21)24-11-10-18/h2-9,22H,10-11H2,1H3. The molecule has 0 radical (unpaired) electrons. The van der Waals surface area contributed by atoms with Gasteiger partial charge in [0.15, 0.2) is 5.82 Å². The van der Waals surface area contributed by atoms with Crippen LogP contribution in [0.1, 0.15) is 0 Å². The first-order valence-electron chi connectivity index (χ1n) is 7.31. The second kappa shape index (κ2) is 6.99. The second-order valence-corrected chi connectivity index (χ2v) is 4.91. The van der Waals surface area contributed by atoms with Gasteiger partial charge in [-0.2, -0.15) is 4.98 Å². The molecule has 6 nitrogen and oxygen atoms in total. The summed E-state index contributed by atoms with van der Waals surface area (Å²) in [6.07, 6.45) is 0. The molecule has 124 valence electrons. The number of alkyl halides is 1. The van der Waals surface area contributed by atoms with Gasteiger partial charge in [-0.25, -0.2) is 9.07 Å². The van der Waals surface area contributed by atoms with E-state index in [2.05, 4.69) is 10.1 Å². The molecule has 0 saturated heterocycles. The van der Waals surface area contributed by atoms with E-state index in [1.54, 1.807) is 48.2 Å². The van der Waals surface area contributed by atoms with Crippen LogP contribution in [0.4, 0.5) is 4.39 Å². The van der Waals surface area contributed by atoms with Crippen molar-refractivity contribution in [2.24, 2.45) is 0 Å². The van der Waals surface area contributed by atoms with Crippen molar-refractivity contribution >= 4 is 0 Å². The van der Waals surface area contributed by atoms with Gasteiger partial charge in [0.1, 0.15) is 24.8 Å². The van der Waals surface area contributed by atoms with Crippen LogP contribution < -0.4 is 9.47 Å². The number of aromatic nitrogens is 3. The van der Waals surface area contributed by atoms with Crippen molar-refractivity contribution in [3.63, 3.8) is 0 Å². The van der Waals surface area contributed by atoms with Crippen molar-refractivity contribution in [2.45, 2.75) is 0 Å². The predicted molar refractivity (Wildman–Crippen MR) is 86.5 cm³/mol. The zero-order valence-corrected chi connectivity index (χ0v) is 13.0. The Morgan fingerprint density at radius 1 is 1.08 bits per heavy atom. The van der Waals surface area contributed by atoms with Gasteiger partial charge in [-0.05, 0) is 48.5 Å². The minimum absolute atomic E-state index is 0.0894. The van der Waals surface area contributed by atoms with E-state index in [9.17, 15) is 9.50 Å². The molecular weight excluding hydrogens is 313 g/mol. The van der Waals surface area contributed by atoms with E-state index in [1.165, 1.54) is 0 Å². The van der Waals surface area contributed by atoms with Gasteiger partial charge in [0.05, 0.1) is 12.8 Å². The summed E-state index contributed by atoms with van der Waals surface area (Å²) < 4.78 is 24.3. The number of hydrogen-bond acceptors (Lipinski definition) is 5. The SMILES string of the molecule is COc1ccc(-n2nc(OCCF)nc2-c2ccc(O)cc2)cc1. The Morgan fingerprint density at radius 2 is 1.79 bits per heavy atom. The average Bonchev–Trinajstić information content (AvgIpc) is 3.05. The Kier molecular flexibility index (Phi) is 4.60. The summed E-state index contributed by atoms with van der Waals surface area (Å²) in [4.78, 5) is 4.32. The monoisotopic (exact) mass is 329 g/mol. The van der Waals surface area contributed by atoms with Crippen molar-refractivity contribution in [2.75, 3.05) is 20.4 Å². The molecule has 1 N–H and O–H groups in total. The number of nitrogens with zero attached hydrogens (tertiary/aromatic N) is 3. The number of phenolic OH excluding ortho intramolecular Hbond substituents is 1. The molecule has 0 atom stereocenters. The summed E-state index contributed by atoms with van der Waals surface area (Å²) >= 11 is 0. The molecule has 0 unspecified atom stereocenters. The maximum atomic E-state index is 12.3. The molecule has 24 heavy (non-hydrogen) atoms. The third kappa shape index (κ3) is 3.29. The average molecular weight is 329 g/mol. The van der Waals surface area contributed by atoms with Crippen molar-refractivity contribution in [1.82, 2.24) is 14.8 Å². The summed E-state index contributed by atoms with van der Waals surface area (Å²) in [7, 11) is 1.59. The van der Waals surface area contributed by atoms with E-state index in [4.69, 9.17) is 9.47 Å². The molecule has 1 heterocycles. The molecule has 1 aromatic heterocycles. The van der Waals surface area contributed by atoms with Crippen LogP contribution in [0.2, 0.25) is 0 Å². The van der Waals surface area contributed by atoms with E-state index in [-0.39, 0.29) is 18.4 Å². The molecular formula is C17H16FN3O3. The number of halogens is 1. The zero-order valence-electron chi connectivity index (χ0n) is 13.0. The van der Waals surface area contributed by atoms with Gasteiger partial charge < -0.3 is 14.6 Å². The van der Waals surface area contributed by atoms with Crippen LogP contribution in [0, 0.1) is 0 Å². The minimum Gasteiger partial charge on any atom is -0.508 e. The highest BCUT2D eigenvalue weighted by Crippen LogP contribution is 2.26. The second-order valence-electron chi connectivity index (χ2n) is 4.91. The first kappa shape index (κ1) is 15.8. The molecule has 0 bridgehead atoms. The predicted octanol–water partition coefficient (Wildman–Crippen LogP) is 3.00. The van der Waals surface area contributed by atoms with Crippen LogP contribution >= 0.6 is 0 Å². The molecule has 0 aliphatic heterocycles. The topological polar surface area (TPSA) is 69.4 Å². The lowest BCUT2D eigenvalue weighted by Crippen LogP contribution is -2.02. The quantitative estimate of drug-likeness (QED) is 0.753. The molecule has 0 amide bonds. The molecule has 0 saturated carbocycles. The summed E-state index contributed by atoms with van der Waals surface area (Å²) in [5, 5.41) is 13.7. The summed E-state index contributed by atoms with van der Waals surface area (Å²) in [6, 6.07) is 13.9. The first-order valence-corrected chi connectivity index (χ1v) is 7.31. The molecule has 7 heteroatoms. The first-order chi connectivity index (χ1) is 11.7. The third-order valence-electron chi connectivity index (χ3n) is 3.34. The normalized spacial score (nSPS) is 10.6. The Labute approximate surface area is 138 Å². The maximum absolute atomic E-state index is 12.3. The van der Waals surface area contributed by atoms with E-state index in [0.29, 0.717) is 5.82 Å². The zero-order chi connectivity index (χ0) is 16.9. The maximum Gasteiger partial charge on any atom is 0.336 e. The van der Waals surface area contributed by atoms with Crippen LogP contribution in [0.5, 0.6) is 17.5 Å². The van der Waals surface area contributed by atoms with Crippen LogP contribution in [0.3, 0.4) is 0 Å². The number of benzene rings is 2. The van der Waals surface area contributed by atoms with Gasteiger partial charge in [0.2, 0.25) is 0 Å². The number of hydrogen-bond donors (Lipinski definition) is 1. The van der Waals surface area contributed by atoms with Crippen LogP contribution in [0.15, 0.2) is 48.5 Å². The molecule has 0 fully saturated rings. The Morgan fingerprint density at radius 3 is 2.42 bits per heavy atom. The van der Waals surface area contributed by atoms with Crippen molar-refractivity contribution in [3.05, 3.63) is 48.5 Å². The van der Waals surface area contributed by atoms with Gasteiger partial charge in [0, 0.05) is 5.56 Å². The lowest BCUT2D eigenvalue weighted by molar-refractivity contribution is 0.255. The van der Waals surface area contributed by atoms with E-state index in [1.807, 2.05) is 12.1 Å². The number of methoxy groups -OCH3 is 1. The third-order valence-corrected chi connectivity index (χ3v) is 3.34. The van der Waals surface area contributed by atoms with E-state index in [0.717, 1.165) is 17.0 Å². The van der Waals surface area contributed by atoms with Gasteiger partial charge in [-0.3, -0.25) is 0 Å². The summed E-state index contributed by atoms with van der Waals surface area (Å²) in [5.41, 5.74) is 1.49. The molecule has 3 rings (SSSR count). The Balaban J connectivity index is 2.04. The fourth-order valence-electron chi connectivity index (χ4n) is 2.19. The van der Waals surface area contributed by atoms with Gasteiger partial charge in [0.25, 0.3) is 0 Å². The number of rotatable bonds is 6. The highest BCUT2D eigenvalue weighted by molar-refractivity contribution is 5.59. The van der Waals surface area contributed by atoms with Crippen molar-refractivity contribution in [1.29, 1.82) is 0 Å². The minimum atomic E-state index is -0.619. The molecule has 2 aromatic carbocycles. The highest BCUT2D eigenvalue weighted by atomic mass is 19.1.